The van der Waals surface area contributed by atoms with E-state index < -0.39 is 0 Å². The van der Waals surface area contributed by atoms with Crippen molar-refractivity contribution < 1.29 is 9.47 Å². The van der Waals surface area contributed by atoms with Gasteiger partial charge in [-0.25, -0.2) is 0 Å². The summed E-state index contributed by atoms with van der Waals surface area (Å²) in [6, 6.07) is 11.4. The molecule has 2 aromatic rings. The lowest BCUT2D eigenvalue weighted by Crippen LogP contribution is -2.18. The summed E-state index contributed by atoms with van der Waals surface area (Å²) < 4.78 is 11.3. The van der Waals surface area contributed by atoms with Crippen molar-refractivity contribution in [3.8, 4) is 11.5 Å². The summed E-state index contributed by atoms with van der Waals surface area (Å²) >= 11 is 12.0. The van der Waals surface area contributed by atoms with E-state index in [1.54, 1.807) is 19.2 Å². The molecule has 3 nitrogen and oxygen atoms in total. The van der Waals surface area contributed by atoms with Gasteiger partial charge in [0, 0.05) is 6.54 Å². The summed E-state index contributed by atoms with van der Waals surface area (Å²) in [5, 5.41) is 4.48. The van der Waals surface area contributed by atoms with Gasteiger partial charge in [-0.05, 0) is 47.9 Å². The smallest absolute Gasteiger partial charge is 0.161 e. The van der Waals surface area contributed by atoms with Crippen LogP contribution in [-0.4, -0.2) is 13.7 Å². The molecule has 25 heavy (non-hydrogen) atoms. The first-order chi connectivity index (χ1) is 11.5. The standard InChI is InChI=1S/C19H23Cl2NO2.ClH/c1-13(2)10-22-11-14-5-7-18(19(9-14)23-3)24-12-15-4-6-16(20)17(21)8-15;/h4-9,13,22H,10-12H2,1-3H3;1H. The molecule has 138 valence electrons. The van der Waals surface area contributed by atoms with Gasteiger partial charge in [-0.2, -0.15) is 0 Å². The van der Waals surface area contributed by atoms with Gasteiger partial charge in [0.25, 0.3) is 0 Å². The molecule has 0 spiro atoms. The SMILES string of the molecule is COc1cc(CNCC(C)C)ccc1OCc1ccc(Cl)c(Cl)c1.Cl. The second-order valence-corrected chi connectivity index (χ2v) is 6.86. The molecule has 6 heteroatoms. The number of rotatable bonds is 8. The van der Waals surface area contributed by atoms with Crippen LogP contribution in [0.5, 0.6) is 11.5 Å². The highest BCUT2D eigenvalue weighted by Gasteiger charge is 2.07. The quantitative estimate of drug-likeness (QED) is 0.608. The number of methoxy groups -OCH3 is 1. The van der Waals surface area contributed by atoms with Gasteiger partial charge < -0.3 is 14.8 Å². The van der Waals surface area contributed by atoms with E-state index >= 15 is 0 Å². The Kier molecular flexibility index (Phi) is 9.44. The minimum atomic E-state index is 0. The predicted octanol–water partition coefficient (Wildman–Crippen LogP) is 5.75. The zero-order chi connectivity index (χ0) is 17.5. The van der Waals surface area contributed by atoms with Crippen molar-refractivity contribution in [2.75, 3.05) is 13.7 Å². The Balaban J connectivity index is 0.00000312. The maximum absolute atomic E-state index is 6.03. The Morgan fingerprint density at radius 3 is 2.32 bits per heavy atom. The number of halogens is 3. The normalized spacial score (nSPS) is 10.5. The zero-order valence-corrected chi connectivity index (χ0v) is 17.0. The lowest BCUT2D eigenvalue weighted by molar-refractivity contribution is 0.284. The van der Waals surface area contributed by atoms with E-state index in [0.717, 1.165) is 30.0 Å². The molecule has 0 saturated carbocycles. The molecule has 2 rings (SSSR count). The van der Waals surface area contributed by atoms with Crippen molar-refractivity contribution in [1.82, 2.24) is 5.32 Å². The Morgan fingerprint density at radius 1 is 0.960 bits per heavy atom. The highest BCUT2D eigenvalue weighted by Crippen LogP contribution is 2.29. The summed E-state index contributed by atoms with van der Waals surface area (Å²) in [6.07, 6.45) is 0. The fourth-order valence-corrected chi connectivity index (χ4v) is 2.56. The first-order valence-corrected chi connectivity index (χ1v) is 8.69. The van der Waals surface area contributed by atoms with E-state index in [2.05, 4.69) is 19.2 Å². The van der Waals surface area contributed by atoms with Crippen molar-refractivity contribution in [2.45, 2.75) is 27.0 Å². The van der Waals surface area contributed by atoms with Crippen LogP contribution >= 0.6 is 35.6 Å². The Bertz CT molecular complexity index is 678. The average molecular weight is 405 g/mol. The van der Waals surface area contributed by atoms with Gasteiger partial charge in [-0.3, -0.25) is 0 Å². The molecule has 0 saturated heterocycles. The molecule has 0 unspecified atom stereocenters. The van der Waals surface area contributed by atoms with Crippen molar-refractivity contribution >= 4 is 35.6 Å². The number of ether oxygens (including phenoxy) is 2. The molecule has 0 radical (unpaired) electrons. The lowest BCUT2D eigenvalue weighted by atomic mass is 10.1. The molecule has 0 amide bonds. The van der Waals surface area contributed by atoms with E-state index in [4.69, 9.17) is 32.7 Å². The van der Waals surface area contributed by atoms with Crippen LogP contribution in [0.3, 0.4) is 0 Å². The highest BCUT2D eigenvalue weighted by molar-refractivity contribution is 6.42. The van der Waals surface area contributed by atoms with Gasteiger partial charge >= 0.3 is 0 Å². The van der Waals surface area contributed by atoms with Crippen LogP contribution in [0.2, 0.25) is 10.0 Å². The van der Waals surface area contributed by atoms with Gasteiger partial charge in [0.15, 0.2) is 11.5 Å². The fourth-order valence-electron chi connectivity index (χ4n) is 2.24. The van der Waals surface area contributed by atoms with Gasteiger partial charge in [-0.15, -0.1) is 12.4 Å². The zero-order valence-electron chi connectivity index (χ0n) is 14.6. The molecular weight excluding hydrogens is 381 g/mol. The molecule has 2 aromatic carbocycles. The van der Waals surface area contributed by atoms with Crippen LogP contribution in [0.15, 0.2) is 36.4 Å². The monoisotopic (exact) mass is 403 g/mol. The van der Waals surface area contributed by atoms with Crippen LogP contribution in [0.1, 0.15) is 25.0 Å². The Morgan fingerprint density at radius 2 is 1.68 bits per heavy atom. The first kappa shape index (κ1) is 21.9. The van der Waals surface area contributed by atoms with Crippen molar-refractivity contribution in [3.63, 3.8) is 0 Å². The van der Waals surface area contributed by atoms with E-state index in [1.807, 2.05) is 24.3 Å². The maximum Gasteiger partial charge on any atom is 0.161 e. The lowest BCUT2D eigenvalue weighted by Gasteiger charge is -2.13. The Hall–Kier alpha value is -1.13. The molecule has 0 aromatic heterocycles. The van der Waals surface area contributed by atoms with E-state index in [-0.39, 0.29) is 12.4 Å². The molecule has 0 bridgehead atoms. The minimum absolute atomic E-state index is 0. The molecule has 0 aliphatic rings. The maximum atomic E-state index is 6.03. The van der Waals surface area contributed by atoms with Crippen LogP contribution in [0, 0.1) is 5.92 Å². The van der Waals surface area contributed by atoms with Gasteiger partial charge in [0.05, 0.1) is 17.2 Å². The first-order valence-electron chi connectivity index (χ1n) is 7.94. The van der Waals surface area contributed by atoms with Crippen LogP contribution in [0.4, 0.5) is 0 Å². The summed E-state index contributed by atoms with van der Waals surface area (Å²) in [5.74, 6) is 2.05. The molecule has 0 aliphatic heterocycles. The van der Waals surface area contributed by atoms with Crippen molar-refractivity contribution in [1.29, 1.82) is 0 Å². The number of hydrogen-bond donors (Lipinski definition) is 1. The summed E-state index contributed by atoms with van der Waals surface area (Å²) in [4.78, 5) is 0. The minimum Gasteiger partial charge on any atom is -0.493 e. The van der Waals surface area contributed by atoms with Gasteiger partial charge in [0.1, 0.15) is 6.61 Å². The third kappa shape index (κ3) is 6.95. The Labute approximate surface area is 166 Å². The van der Waals surface area contributed by atoms with E-state index in [0.29, 0.717) is 28.3 Å². The molecule has 0 aliphatic carbocycles. The summed E-state index contributed by atoms with van der Waals surface area (Å²) in [5.41, 5.74) is 2.11. The molecule has 0 fully saturated rings. The largest absolute Gasteiger partial charge is 0.493 e. The van der Waals surface area contributed by atoms with E-state index in [1.165, 1.54) is 0 Å². The fraction of sp³-hybridized carbons (Fsp3) is 0.368. The summed E-state index contributed by atoms with van der Waals surface area (Å²) in [6.45, 7) is 6.57. The van der Waals surface area contributed by atoms with Crippen LogP contribution in [0.25, 0.3) is 0 Å². The van der Waals surface area contributed by atoms with Gasteiger partial charge in [0.2, 0.25) is 0 Å². The predicted molar refractivity (Wildman–Crippen MR) is 108 cm³/mol. The third-order valence-corrected chi connectivity index (χ3v) is 4.23. The second-order valence-electron chi connectivity index (χ2n) is 6.05. The average Bonchev–Trinajstić information content (AvgIpc) is 2.56. The third-order valence-electron chi connectivity index (χ3n) is 3.49. The number of hydrogen-bond acceptors (Lipinski definition) is 3. The summed E-state index contributed by atoms with van der Waals surface area (Å²) in [7, 11) is 1.65. The molecule has 0 atom stereocenters. The van der Waals surface area contributed by atoms with Crippen molar-refractivity contribution in [3.05, 3.63) is 57.6 Å². The highest BCUT2D eigenvalue weighted by atomic mass is 35.5. The molecule has 1 N–H and O–H groups in total. The number of nitrogens with one attached hydrogen (secondary N) is 1. The second kappa shape index (κ2) is 10.8. The number of benzene rings is 2. The molecule has 0 heterocycles. The van der Waals surface area contributed by atoms with Crippen LogP contribution < -0.4 is 14.8 Å². The van der Waals surface area contributed by atoms with E-state index in [9.17, 15) is 0 Å². The molecular formula is C19H24Cl3NO2. The topological polar surface area (TPSA) is 30.5 Å². The van der Waals surface area contributed by atoms with Crippen LogP contribution in [-0.2, 0) is 13.2 Å². The van der Waals surface area contributed by atoms with Gasteiger partial charge in [-0.1, -0.05) is 49.2 Å². The van der Waals surface area contributed by atoms with Crippen molar-refractivity contribution in [2.24, 2.45) is 5.92 Å².